The molecule has 0 radical (unpaired) electrons. The molecule has 0 spiro atoms. The first-order valence-electron chi connectivity index (χ1n) is 12.6. The molecule has 0 unspecified atom stereocenters. The minimum atomic E-state index is 0.900. The molecule has 0 aliphatic rings. The standard InChI is InChI=1S/C36H24O/c1-3-13-25(14-4-1)28-18-9-10-20-30(28)35-31-21-11-12-22-32(31)36(37-35)33-24-23-26-15-7-8-19-29(26)34(33)27-16-5-2-6-17-27/h1-24H. The maximum absolute atomic E-state index is 6.91. The summed E-state index contributed by atoms with van der Waals surface area (Å²) in [6.45, 7) is 0. The summed E-state index contributed by atoms with van der Waals surface area (Å²) < 4.78 is 6.91. The molecule has 0 aliphatic carbocycles. The van der Waals surface area contributed by atoms with Crippen LogP contribution in [-0.4, -0.2) is 0 Å². The monoisotopic (exact) mass is 472 g/mol. The van der Waals surface area contributed by atoms with Crippen molar-refractivity contribution in [2.45, 2.75) is 0 Å². The Bertz CT molecular complexity index is 1860. The van der Waals surface area contributed by atoms with Crippen LogP contribution in [0.3, 0.4) is 0 Å². The van der Waals surface area contributed by atoms with E-state index in [0.717, 1.165) is 39.0 Å². The number of hydrogen-bond acceptors (Lipinski definition) is 1. The van der Waals surface area contributed by atoms with Crippen LogP contribution >= 0.6 is 0 Å². The second-order valence-corrected chi connectivity index (χ2v) is 9.29. The van der Waals surface area contributed by atoms with Crippen molar-refractivity contribution in [3.63, 3.8) is 0 Å². The zero-order chi connectivity index (χ0) is 24.6. The van der Waals surface area contributed by atoms with Crippen LogP contribution in [0, 0.1) is 0 Å². The van der Waals surface area contributed by atoms with Crippen molar-refractivity contribution in [3.8, 4) is 44.9 Å². The van der Waals surface area contributed by atoms with Crippen molar-refractivity contribution >= 4 is 21.5 Å². The molecule has 0 fully saturated rings. The van der Waals surface area contributed by atoms with Crippen molar-refractivity contribution in [2.75, 3.05) is 0 Å². The number of furan rings is 1. The van der Waals surface area contributed by atoms with Crippen LogP contribution in [0.25, 0.3) is 66.4 Å². The Labute approximate surface area is 216 Å². The third-order valence-electron chi connectivity index (χ3n) is 7.11. The van der Waals surface area contributed by atoms with Gasteiger partial charge in [-0.2, -0.15) is 0 Å². The van der Waals surface area contributed by atoms with Gasteiger partial charge in [0.05, 0.1) is 0 Å². The van der Waals surface area contributed by atoms with Gasteiger partial charge < -0.3 is 4.42 Å². The zero-order valence-corrected chi connectivity index (χ0v) is 20.3. The Morgan fingerprint density at radius 2 is 0.838 bits per heavy atom. The molecule has 0 N–H and O–H groups in total. The second kappa shape index (κ2) is 8.96. The first kappa shape index (κ1) is 21.4. The molecule has 37 heavy (non-hydrogen) atoms. The summed E-state index contributed by atoms with van der Waals surface area (Å²) in [5, 5.41) is 4.68. The molecule has 7 aromatic rings. The van der Waals surface area contributed by atoms with Crippen molar-refractivity contribution in [2.24, 2.45) is 0 Å². The quantitative estimate of drug-likeness (QED) is 0.248. The molecular weight excluding hydrogens is 448 g/mol. The van der Waals surface area contributed by atoms with Crippen molar-refractivity contribution in [1.29, 1.82) is 0 Å². The van der Waals surface area contributed by atoms with Crippen LogP contribution in [0.15, 0.2) is 150 Å². The molecule has 0 aliphatic heterocycles. The van der Waals surface area contributed by atoms with Crippen molar-refractivity contribution in [1.82, 2.24) is 0 Å². The van der Waals surface area contributed by atoms with Gasteiger partial charge in [0.2, 0.25) is 0 Å². The van der Waals surface area contributed by atoms with Gasteiger partial charge in [-0.3, -0.25) is 0 Å². The molecule has 1 aromatic heterocycles. The summed E-state index contributed by atoms with van der Waals surface area (Å²) in [7, 11) is 0. The van der Waals surface area contributed by atoms with E-state index in [2.05, 4.69) is 146 Å². The minimum Gasteiger partial charge on any atom is -0.455 e. The number of rotatable bonds is 4. The second-order valence-electron chi connectivity index (χ2n) is 9.29. The molecule has 0 bridgehead atoms. The third kappa shape index (κ3) is 3.64. The van der Waals surface area contributed by atoms with Gasteiger partial charge in [-0.1, -0.05) is 140 Å². The van der Waals surface area contributed by atoms with Crippen LogP contribution in [-0.2, 0) is 0 Å². The Balaban J connectivity index is 1.54. The summed E-state index contributed by atoms with van der Waals surface area (Å²) in [6.07, 6.45) is 0. The van der Waals surface area contributed by atoms with Crippen LogP contribution in [0.2, 0.25) is 0 Å². The smallest absolute Gasteiger partial charge is 0.143 e. The summed E-state index contributed by atoms with van der Waals surface area (Å²) in [5.41, 5.74) is 6.91. The van der Waals surface area contributed by atoms with Crippen LogP contribution < -0.4 is 0 Å². The molecule has 174 valence electrons. The summed E-state index contributed by atoms with van der Waals surface area (Å²) in [4.78, 5) is 0. The summed E-state index contributed by atoms with van der Waals surface area (Å²) >= 11 is 0. The maximum Gasteiger partial charge on any atom is 0.143 e. The fourth-order valence-electron chi connectivity index (χ4n) is 5.42. The topological polar surface area (TPSA) is 13.1 Å². The molecule has 1 heterocycles. The highest BCUT2D eigenvalue weighted by Crippen LogP contribution is 2.46. The van der Waals surface area contributed by atoms with E-state index in [4.69, 9.17) is 4.42 Å². The van der Waals surface area contributed by atoms with Gasteiger partial charge in [0.1, 0.15) is 11.5 Å². The molecule has 0 amide bonds. The Morgan fingerprint density at radius 1 is 0.324 bits per heavy atom. The predicted molar refractivity (Wildman–Crippen MR) is 155 cm³/mol. The minimum absolute atomic E-state index is 0.900. The molecule has 0 atom stereocenters. The SMILES string of the molecule is c1ccc(-c2ccccc2-c2oc(-c3ccc4ccccc4c3-c3ccccc3)c3ccccc23)cc1. The molecule has 6 aromatic carbocycles. The van der Waals surface area contributed by atoms with Crippen LogP contribution in [0.5, 0.6) is 0 Å². The lowest BCUT2D eigenvalue weighted by molar-refractivity contribution is 0.602. The predicted octanol–water partition coefficient (Wildman–Crippen LogP) is 10.3. The fourth-order valence-corrected chi connectivity index (χ4v) is 5.42. The van der Waals surface area contributed by atoms with E-state index in [1.54, 1.807) is 0 Å². The first-order valence-corrected chi connectivity index (χ1v) is 12.6. The summed E-state index contributed by atoms with van der Waals surface area (Å²) in [6, 6.07) is 51.2. The maximum atomic E-state index is 6.91. The van der Waals surface area contributed by atoms with E-state index in [1.165, 1.54) is 27.5 Å². The fraction of sp³-hybridized carbons (Fsp3) is 0. The van der Waals surface area contributed by atoms with Gasteiger partial charge in [-0.05, 0) is 33.5 Å². The number of benzene rings is 6. The van der Waals surface area contributed by atoms with E-state index in [-0.39, 0.29) is 0 Å². The lowest BCUT2D eigenvalue weighted by Crippen LogP contribution is -1.87. The van der Waals surface area contributed by atoms with Gasteiger partial charge in [0.25, 0.3) is 0 Å². The van der Waals surface area contributed by atoms with Crippen molar-refractivity contribution in [3.05, 3.63) is 146 Å². The molecule has 0 saturated heterocycles. The Hall–Kier alpha value is -4.88. The lowest BCUT2D eigenvalue weighted by atomic mass is 9.91. The molecule has 1 heteroatoms. The van der Waals surface area contributed by atoms with E-state index >= 15 is 0 Å². The summed E-state index contributed by atoms with van der Waals surface area (Å²) in [5.74, 6) is 1.80. The van der Waals surface area contributed by atoms with Gasteiger partial charge in [-0.25, -0.2) is 0 Å². The number of hydrogen-bond donors (Lipinski definition) is 0. The lowest BCUT2D eigenvalue weighted by Gasteiger charge is -2.13. The number of fused-ring (bicyclic) bond motifs is 2. The third-order valence-corrected chi connectivity index (χ3v) is 7.11. The van der Waals surface area contributed by atoms with Gasteiger partial charge >= 0.3 is 0 Å². The average Bonchev–Trinajstić information content (AvgIpc) is 3.37. The normalized spacial score (nSPS) is 11.2. The van der Waals surface area contributed by atoms with E-state index in [0.29, 0.717) is 0 Å². The van der Waals surface area contributed by atoms with Gasteiger partial charge in [0, 0.05) is 27.5 Å². The molecular formula is C36H24O. The van der Waals surface area contributed by atoms with Crippen LogP contribution in [0.1, 0.15) is 0 Å². The van der Waals surface area contributed by atoms with E-state index < -0.39 is 0 Å². The van der Waals surface area contributed by atoms with Gasteiger partial charge in [-0.15, -0.1) is 0 Å². The van der Waals surface area contributed by atoms with Crippen LogP contribution in [0.4, 0.5) is 0 Å². The first-order chi connectivity index (χ1) is 18.4. The highest BCUT2D eigenvalue weighted by atomic mass is 16.3. The molecule has 7 rings (SSSR count). The zero-order valence-electron chi connectivity index (χ0n) is 20.3. The Kier molecular flexibility index (Phi) is 5.19. The highest BCUT2D eigenvalue weighted by molar-refractivity contribution is 6.10. The van der Waals surface area contributed by atoms with Crippen molar-refractivity contribution < 1.29 is 4.42 Å². The largest absolute Gasteiger partial charge is 0.455 e. The highest BCUT2D eigenvalue weighted by Gasteiger charge is 2.21. The molecule has 0 saturated carbocycles. The van der Waals surface area contributed by atoms with Gasteiger partial charge in [0.15, 0.2) is 0 Å². The van der Waals surface area contributed by atoms with E-state index in [1.807, 2.05) is 0 Å². The molecule has 1 nitrogen and oxygen atoms in total. The van der Waals surface area contributed by atoms with E-state index in [9.17, 15) is 0 Å². The Morgan fingerprint density at radius 3 is 1.54 bits per heavy atom. The average molecular weight is 473 g/mol.